The third kappa shape index (κ3) is 3.22. The molecule has 0 aromatic heterocycles. The number of hydrogen-bond donors (Lipinski definition) is 0. The van der Waals surface area contributed by atoms with Crippen LogP contribution in [0, 0.1) is 20.8 Å². The van der Waals surface area contributed by atoms with Crippen molar-refractivity contribution in [1.29, 1.82) is 0 Å². The van der Waals surface area contributed by atoms with Crippen molar-refractivity contribution in [2.45, 2.75) is 40.5 Å². The van der Waals surface area contributed by atoms with Crippen LogP contribution in [0.5, 0.6) is 0 Å². The third-order valence-electron chi connectivity index (χ3n) is 5.72. The third-order valence-corrected chi connectivity index (χ3v) is 5.72. The van der Waals surface area contributed by atoms with Gasteiger partial charge in [0, 0.05) is 11.6 Å². The van der Waals surface area contributed by atoms with E-state index in [1.807, 2.05) is 0 Å². The summed E-state index contributed by atoms with van der Waals surface area (Å²) in [4.78, 5) is 5.08. The zero-order valence-electron chi connectivity index (χ0n) is 17.4. The highest BCUT2D eigenvalue weighted by atomic mass is 14.8. The van der Waals surface area contributed by atoms with E-state index in [1.165, 1.54) is 44.5 Å². The molecule has 3 aromatic carbocycles. The van der Waals surface area contributed by atoms with Gasteiger partial charge in [-0.2, -0.15) is 0 Å². The van der Waals surface area contributed by atoms with Crippen molar-refractivity contribution in [2.75, 3.05) is 0 Å². The zero-order valence-corrected chi connectivity index (χ0v) is 17.4. The van der Waals surface area contributed by atoms with Crippen LogP contribution in [0.3, 0.4) is 0 Å². The maximum atomic E-state index is 5.08. The summed E-state index contributed by atoms with van der Waals surface area (Å²) in [6.07, 6.45) is 2.32. The molecule has 1 aliphatic carbocycles. The van der Waals surface area contributed by atoms with Crippen molar-refractivity contribution in [3.8, 4) is 0 Å². The average molecular weight is 366 g/mol. The Bertz CT molecular complexity index is 1090. The Kier molecular flexibility index (Phi) is 4.77. The fourth-order valence-corrected chi connectivity index (χ4v) is 4.55. The molecule has 1 atom stereocenters. The monoisotopic (exact) mass is 365 g/mol. The van der Waals surface area contributed by atoms with E-state index in [2.05, 4.69) is 101 Å². The van der Waals surface area contributed by atoms with Crippen molar-refractivity contribution >= 4 is 17.5 Å². The topological polar surface area (TPSA) is 12.4 Å². The number of aliphatic imine (C=N–C) groups is 1. The van der Waals surface area contributed by atoms with Crippen molar-refractivity contribution in [3.63, 3.8) is 0 Å². The Morgan fingerprint density at radius 1 is 0.786 bits per heavy atom. The van der Waals surface area contributed by atoms with Gasteiger partial charge in [0.15, 0.2) is 0 Å². The quantitative estimate of drug-likeness (QED) is 0.432. The number of nitrogens with zero attached hydrogens (tertiary/aromatic N) is 1. The van der Waals surface area contributed by atoms with Gasteiger partial charge < -0.3 is 0 Å². The molecule has 0 fully saturated rings. The van der Waals surface area contributed by atoms with Gasteiger partial charge in [-0.1, -0.05) is 77.9 Å². The molecule has 0 bridgehead atoms. The minimum atomic E-state index is 0.303. The molecule has 3 aromatic rings. The van der Waals surface area contributed by atoms with E-state index in [1.54, 1.807) is 0 Å². The Morgan fingerprint density at radius 2 is 1.39 bits per heavy atom. The maximum absolute atomic E-state index is 5.08. The first-order chi connectivity index (χ1) is 13.5. The molecule has 0 saturated heterocycles. The number of rotatable bonds is 3. The largest absolute Gasteiger partial charge is 0.253 e. The number of aryl methyl sites for hydroxylation is 3. The molecule has 4 rings (SSSR count). The molecule has 0 amide bonds. The molecular weight excluding hydrogens is 338 g/mol. The Balaban J connectivity index is 1.83. The lowest BCUT2D eigenvalue weighted by Gasteiger charge is -2.19. The molecule has 0 radical (unpaired) electrons. The molecule has 0 heterocycles. The van der Waals surface area contributed by atoms with E-state index in [-0.39, 0.29) is 0 Å². The van der Waals surface area contributed by atoms with Gasteiger partial charge in [-0.25, -0.2) is 0 Å². The molecule has 1 aliphatic rings. The lowest BCUT2D eigenvalue weighted by atomic mass is 9.85. The number of benzene rings is 3. The zero-order chi connectivity index (χ0) is 19.8. The van der Waals surface area contributed by atoms with E-state index >= 15 is 0 Å². The van der Waals surface area contributed by atoms with Crippen LogP contribution in [-0.2, 0) is 0 Å². The van der Waals surface area contributed by atoms with Crippen LogP contribution in [0.15, 0.2) is 71.2 Å². The van der Waals surface area contributed by atoms with Crippen molar-refractivity contribution in [2.24, 2.45) is 4.99 Å². The van der Waals surface area contributed by atoms with Crippen LogP contribution < -0.4 is 0 Å². The van der Waals surface area contributed by atoms with Gasteiger partial charge in [0.05, 0.1) is 5.69 Å². The van der Waals surface area contributed by atoms with E-state index in [4.69, 9.17) is 4.99 Å². The molecule has 0 N–H and O–H groups in total. The fraction of sp³-hybridized carbons (Fsp3) is 0.222. The van der Waals surface area contributed by atoms with Gasteiger partial charge in [-0.05, 0) is 68.0 Å². The molecule has 1 heteroatoms. The van der Waals surface area contributed by atoms with E-state index in [0.29, 0.717) is 5.92 Å². The highest BCUT2D eigenvalue weighted by molar-refractivity contribution is 6.02. The average Bonchev–Trinajstić information content (AvgIpc) is 3.00. The molecule has 140 valence electrons. The van der Waals surface area contributed by atoms with Crippen LogP contribution in [0.4, 0.5) is 5.69 Å². The summed E-state index contributed by atoms with van der Waals surface area (Å²) in [6.45, 7) is 10.8. The normalized spacial score (nSPS) is 16.1. The summed E-state index contributed by atoms with van der Waals surface area (Å²) in [5, 5.41) is 0. The summed E-state index contributed by atoms with van der Waals surface area (Å²) < 4.78 is 0. The minimum absolute atomic E-state index is 0.303. The number of allylic oxidation sites excluding steroid dienone is 1. The second-order valence-corrected chi connectivity index (χ2v) is 7.98. The summed E-state index contributed by atoms with van der Waals surface area (Å²) in [6, 6.07) is 21.9. The fourth-order valence-electron chi connectivity index (χ4n) is 4.55. The molecule has 28 heavy (non-hydrogen) atoms. The van der Waals surface area contributed by atoms with Gasteiger partial charge in [-0.15, -0.1) is 0 Å². The van der Waals surface area contributed by atoms with Gasteiger partial charge >= 0.3 is 0 Å². The Hall–Kier alpha value is -2.93. The van der Waals surface area contributed by atoms with Gasteiger partial charge in [-0.3, -0.25) is 4.99 Å². The van der Waals surface area contributed by atoms with Crippen LogP contribution in [0.1, 0.15) is 58.7 Å². The van der Waals surface area contributed by atoms with Gasteiger partial charge in [0.1, 0.15) is 0 Å². The first-order valence-electron chi connectivity index (χ1n) is 9.95. The van der Waals surface area contributed by atoms with Crippen molar-refractivity contribution < 1.29 is 0 Å². The molecule has 1 unspecified atom stereocenters. The van der Waals surface area contributed by atoms with Crippen molar-refractivity contribution in [1.82, 2.24) is 0 Å². The van der Waals surface area contributed by atoms with E-state index < -0.39 is 0 Å². The predicted molar refractivity (Wildman–Crippen MR) is 121 cm³/mol. The highest BCUT2D eigenvalue weighted by Crippen LogP contribution is 2.42. The summed E-state index contributed by atoms with van der Waals surface area (Å²) in [7, 11) is 0. The second-order valence-electron chi connectivity index (χ2n) is 7.98. The summed E-state index contributed by atoms with van der Waals surface area (Å²) in [5.41, 5.74) is 12.6. The highest BCUT2D eigenvalue weighted by Gasteiger charge is 2.26. The molecular formula is C27H27N. The van der Waals surface area contributed by atoms with Crippen LogP contribution in [0.2, 0.25) is 0 Å². The lowest BCUT2D eigenvalue weighted by Crippen LogP contribution is -2.07. The maximum Gasteiger partial charge on any atom is 0.0691 e. The SMILES string of the molecule is CC1=Cc2ccccc2C1c1ccccc1C(C)=Nc1c(C)cc(C)cc1C. The summed E-state index contributed by atoms with van der Waals surface area (Å²) >= 11 is 0. The standard InChI is InChI=1S/C27H27N/c1-17-14-19(3)27(20(4)15-17)28-21(5)23-11-8-9-13-25(23)26-18(2)16-22-10-6-7-12-24(22)26/h6-16,26H,1-5H3. The van der Waals surface area contributed by atoms with Crippen LogP contribution >= 0.6 is 0 Å². The predicted octanol–water partition coefficient (Wildman–Crippen LogP) is 7.30. The van der Waals surface area contributed by atoms with Crippen molar-refractivity contribution in [3.05, 3.63) is 105 Å². The molecule has 0 saturated carbocycles. The van der Waals surface area contributed by atoms with Gasteiger partial charge in [0.2, 0.25) is 0 Å². The smallest absolute Gasteiger partial charge is 0.0691 e. The van der Waals surface area contributed by atoms with E-state index in [0.717, 1.165) is 11.4 Å². The first kappa shape index (κ1) is 18.4. The van der Waals surface area contributed by atoms with Crippen LogP contribution in [0.25, 0.3) is 6.08 Å². The number of hydrogen-bond acceptors (Lipinski definition) is 1. The minimum Gasteiger partial charge on any atom is -0.253 e. The Morgan fingerprint density at radius 3 is 2.11 bits per heavy atom. The lowest BCUT2D eigenvalue weighted by molar-refractivity contribution is 0.972. The first-order valence-corrected chi connectivity index (χ1v) is 9.95. The Labute approximate surface area is 168 Å². The molecule has 1 nitrogen and oxygen atoms in total. The summed E-state index contributed by atoms with van der Waals surface area (Å²) in [5.74, 6) is 0.303. The number of fused-ring (bicyclic) bond motifs is 1. The van der Waals surface area contributed by atoms with Gasteiger partial charge in [0.25, 0.3) is 0 Å². The molecule has 0 spiro atoms. The van der Waals surface area contributed by atoms with E-state index in [9.17, 15) is 0 Å². The molecule has 0 aliphatic heterocycles. The second kappa shape index (κ2) is 7.24. The van der Waals surface area contributed by atoms with Crippen LogP contribution in [-0.4, -0.2) is 5.71 Å².